The largest absolute Gasteiger partial charge is 0.459 e. The summed E-state index contributed by atoms with van der Waals surface area (Å²) in [7, 11) is 0. The molecule has 0 radical (unpaired) electrons. The van der Waals surface area contributed by atoms with Crippen molar-refractivity contribution in [2.75, 3.05) is 5.32 Å². The Balaban J connectivity index is 1.54. The number of aryl methyl sites for hydroxylation is 1. The van der Waals surface area contributed by atoms with Gasteiger partial charge in [0.25, 0.3) is 5.91 Å². The second-order valence-corrected chi connectivity index (χ2v) is 8.79. The second-order valence-electron chi connectivity index (χ2n) is 7.98. The molecule has 0 aliphatic heterocycles. The molecule has 5 nitrogen and oxygen atoms in total. The van der Waals surface area contributed by atoms with E-state index in [2.05, 4.69) is 10.6 Å². The van der Waals surface area contributed by atoms with Crippen molar-refractivity contribution in [1.29, 1.82) is 0 Å². The molecule has 2 N–H and O–H groups in total. The lowest BCUT2D eigenvalue weighted by molar-refractivity contribution is -0.138. The number of fused-ring (bicyclic) bond motifs is 1. The SMILES string of the molecule is Cc1oc2c(NC(=O)c3c(Cl)cccc3Cl)cccc2c1CC(=O)NCc1ccccc1C(F)(F)F. The average molecular weight is 535 g/mol. The number of alkyl halides is 3. The van der Waals surface area contributed by atoms with Crippen LogP contribution in [0.3, 0.4) is 0 Å². The van der Waals surface area contributed by atoms with Gasteiger partial charge in [-0.3, -0.25) is 9.59 Å². The van der Waals surface area contributed by atoms with Crippen LogP contribution >= 0.6 is 23.2 Å². The number of rotatable bonds is 6. The van der Waals surface area contributed by atoms with Crippen molar-refractivity contribution in [2.45, 2.75) is 26.1 Å². The summed E-state index contributed by atoms with van der Waals surface area (Å²) in [6.45, 7) is 1.39. The van der Waals surface area contributed by atoms with Gasteiger partial charge in [0.2, 0.25) is 5.91 Å². The highest BCUT2D eigenvalue weighted by atomic mass is 35.5. The van der Waals surface area contributed by atoms with Crippen molar-refractivity contribution >= 4 is 51.7 Å². The van der Waals surface area contributed by atoms with E-state index in [1.165, 1.54) is 18.2 Å². The molecule has 186 valence electrons. The third kappa shape index (κ3) is 5.34. The summed E-state index contributed by atoms with van der Waals surface area (Å²) in [6.07, 6.45) is -4.64. The number of hydrogen-bond donors (Lipinski definition) is 2. The van der Waals surface area contributed by atoms with Gasteiger partial charge >= 0.3 is 6.18 Å². The standard InChI is InChI=1S/C26H19Cl2F3N2O3/c1-14-17(12-22(34)32-13-15-6-2-3-8-18(15)26(29,30)31)16-7-4-11-21(24(16)36-14)33-25(35)23-19(27)9-5-10-20(23)28/h2-11H,12-13H2,1H3,(H,32,34)(H,33,35). The number of benzene rings is 3. The number of halogens is 5. The van der Waals surface area contributed by atoms with Gasteiger partial charge in [-0.15, -0.1) is 0 Å². The summed E-state index contributed by atoms with van der Waals surface area (Å²) in [5, 5.41) is 6.24. The molecule has 0 bridgehead atoms. The topological polar surface area (TPSA) is 71.3 Å². The number of hydrogen-bond acceptors (Lipinski definition) is 3. The lowest BCUT2D eigenvalue weighted by Crippen LogP contribution is -2.26. The fourth-order valence-electron chi connectivity index (χ4n) is 3.87. The van der Waals surface area contributed by atoms with E-state index in [0.29, 0.717) is 28.0 Å². The Labute approximate surface area is 214 Å². The third-order valence-electron chi connectivity index (χ3n) is 5.59. The molecular formula is C26H19Cl2F3N2O3. The Hall–Kier alpha value is -3.49. The number of para-hydroxylation sites is 1. The molecule has 1 aromatic heterocycles. The predicted molar refractivity (Wildman–Crippen MR) is 132 cm³/mol. The first-order chi connectivity index (χ1) is 17.1. The minimum Gasteiger partial charge on any atom is -0.459 e. The van der Waals surface area contributed by atoms with E-state index >= 15 is 0 Å². The molecule has 4 aromatic rings. The van der Waals surface area contributed by atoms with Crippen molar-refractivity contribution in [1.82, 2.24) is 5.32 Å². The summed E-state index contributed by atoms with van der Waals surface area (Å²) < 4.78 is 45.5. The summed E-state index contributed by atoms with van der Waals surface area (Å²) in [5.74, 6) is -0.571. The van der Waals surface area contributed by atoms with Crippen LogP contribution in [0.5, 0.6) is 0 Å². The number of carbonyl (C=O) groups is 2. The summed E-state index contributed by atoms with van der Waals surface area (Å²) in [6, 6.07) is 14.8. The zero-order valence-electron chi connectivity index (χ0n) is 18.8. The lowest BCUT2D eigenvalue weighted by atomic mass is 10.1. The fraction of sp³-hybridized carbons (Fsp3) is 0.154. The van der Waals surface area contributed by atoms with Crippen LogP contribution in [-0.2, 0) is 23.9 Å². The van der Waals surface area contributed by atoms with Gasteiger partial charge in [-0.25, -0.2) is 0 Å². The Morgan fingerprint density at radius 2 is 1.61 bits per heavy atom. The summed E-state index contributed by atoms with van der Waals surface area (Å²) in [5.41, 5.74) is 0.530. The zero-order valence-corrected chi connectivity index (χ0v) is 20.3. The molecule has 0 saturated heterocycles. The molecular weight excluding hydrogens is 516 g/mol. The fourth-order valence-corrected chi connectivity index (χ4v) is 4.44. The van der Waals surface area contributed by atoms with Gasteiger partial charge < -0.3 is 15.1 Å². The van der Waals surface area contributed by atoms with E-state index in [1.807, 2.05) is 0 Å². The van der Waals surface area contributed by atoms with Gasteiger partial charge in [0.15, 0.2) is 5.58 Å². The molecule has 2 amide bonds. The Morgan fingerprint density at radius 1 is 0.944 bits per heavy atom. The maximum Gasteiger partial charge on any atom is 0.416 e. The Kier molecular flexibility index (Phi) is 7.28. The Bertz CT molecular complexity index is 1440. The van der Waals surface area contributed by atoms with Crippen LogP contribution < -0.4 is 10.6 Å². The number of anilines is 1. The number of carbonyl (C=O) groups excluding carboxylic acids is 2. The van der Waals surface area contributed by atoms with Crippen LogP contribution in [0.4, 0.5) is 18.9 Å². The van der Waals surface area contributed by atoms with Gasteiger partial charge in [0.1, 0.15) is 5.76 Å². The molecule has 10 heteroatoms. The van der Waals surface area contributed by atoms with Crippen molar-refractivity contribution in [3.05, 3.63) is 98.7 Å². The van der Waals surface area contributed by atoms with Crippen LogP contribution in [0.2, 0.25) is 10.0 Å². The van der Waals surface area contributed by atoms with Crippen molar-refractivity contribution in [3.8, 4) is 0 Å². The molecule has 4 rings (SSSR count). The highest BCUT2D eigenvalue weighted by Gasteiger charge is 2.32. The third-order valence-corrected chi connectivity index (χ3v) is 6.22. The monoisotopic (exact) mass is 534 g/mol. The van der Waals surface area contributed by atoms with Gasteiger partial charge in [0.05, 0.1) is 33.3 Å². The maximum absolute atomic E-state index is 13.2. The quantitative estimate of drug-likeness (QED) is 0.275. The molecule has 0 aliphatic carbocycles. The molecule has 1 heterocycles. The molecule has 0 saturated carbocycles. The van der Waals surface area contributed by atoms with Crippen molar-refractivity contribution in [2.24, 2.45) is 0 Å². The average Bonchev–Trinajstić information content (AvgIpc) is 3.13. The zero-order chi connectivity index (χ0) is 26.0. The number of nitrogens with one attached hydrogen (secondary N) is 2. The van der Waals surface area contributed by atoms with Crippen LogP contribution in [-0.4, -0.2) is 11.8 Å². The molecule has 0 unspecified atom stereocenters. The smallest absolute Gasteiger partial charge is 0.416 e. The first kappa shape index (κ1) is 25.6. The Morgan fingerprint density at radius 3 is 2.31 bits per heavy atom. The maximum atomic E-state index is 13.2. The van der Waals surface area contributed by atoms with Gasteiger partial charge in [-0.05, 0) is 36.8 Å². The van der Waals surface area contributed by atoms with Crippen LogP contribution in [0, 0.1) is 6.92 Å². The van der Waals surface area contributed by atoms with Gasteiger partial charge in [-0.2, -0.15) is 13.2 Å². The van der Waals surface area contributed by atoms with E-state index in [4.69, 9.17) is 27.6 Å². The predicted octanol–water partition coefficient (Wildman–Crippen LogP) is 7.18. The molecule has 3 aromatic carbocycles. The first-order valence-corrected chi connectivity index (χ1v) is 11.5. The van der Waals surface area contributed by atoms with Crippen molar-refractivity contribution < 1.29 is 27.2 Å². The van der Waals surface area contributed by atoms with Gasteiger partial charge in [0, 0.05) is 17.5 Å². The lowest BCUT2D eigenvalue weighted by Gasteiger charge is -2.13. The van der Waals surface area contributed by atoms with Crippen LogP contribution in [0.15, 0.2) is 65.1 Å². The molecule has 0 spiro atoms. The molecule has 0 fully saturated rings. The van der Waals surface area contributed by atoms with E-state index in [9.17, 15) is 22.8 Å². The normalized spacial score (nSPS) is 11.5. The van der Waals surface area contributed by atoms with E-state index in [0.717, 1.165) is 6.07 Å². The molecule has 0 atom stereocenters. The second kappa shape index (κ2) is 10.2. The van der Waals surface area contributed by atoms with Crippen LogP contribution in [0.1, 0.15) is 32.8 Å². The van der Waals surface area contributed by atoms with E-state index in [1.54, 1.807) is 43.3 Å². The molecule has 0 aliphatic rings. The van der Waals surface area contributed by atoms with Crippen molar-refractivity contribution in [3.63, 3.8) is 0 Å². The van der Waals surface area contributed by atoms with E-state index < -0.39 is 23.6 Å². The summed E-state index contributed by atoms with van der Waals surface area (Å²) >= 11 is 12.3. The first-order valence-electron chi connectivity index (χ1n) is 10.7. The van der Waals surface area contributed by atoms with Gasteiger partial charge in [-0.1, -0.05) is 59.6 Å². The van der Waals surface area contributed by atoms with Crippen LogP contribution in [0.25, 0.3) is 11.0 Å². The van der Waals surface area contributed by atoms with E-state index in [-0.39, 0.29) is 34.1 Å². The highest BCUT2D eigenvalue weighted by molar-refractivity contribution is 6.40. The highest BCUT2D eigenvalue weighted by Crippen LogP contribution is 2.34. The number of furan rings is 1. The minimum absolute atomic E-state index is 0.0321. The molecule has 36 heavy (non-hydrogen) atoms. The number of amides is 2. The minimum atomic E-state index is -4.52. The summed E-state index contributed by atoms with van der Waals surface area (Å²) in [4.78, 5) is 25.5.